The number of benzene rings is 1. The second kappa shape index (κ2) is 6.81. The van der Waals surface area contributed by atoms with Crippen molar-refractivity contribution < 1.29 is 0 Å². The van der Waals surface area contributed by atoms with Crippen LogP contribution in [0.3, 0.4) is 0 Å². The molecule has 0 aromatic heterocycles. The molecule has 1 aromatic rings. The zero-order valence-electron chi connectivity index (χ0n) is 10.4. The third kappa shape index (κ3) is 4.06. The van der Waals surface area contributed by atoms with Gasteiger partial charge < -0.3 is 10.6 Å². The van der Waals surface area contributed by atoms with E-state index in [4.69, 9.17) is 5.73 Å². The highest BCUT2D eigenvalue weighted by Gasteiger charge is 2.06. The van der Waals surface area contributed by atoms with E-state index in [0.717, 1.165) is 19.5 Å². The van der Waals surface area contributed by atoms with Crippen LogP contribution in [-0.4, -0.2) is 26.4 Å². The quantitative estimate of drug-likeness (QED) is 0.773. The van der Waals surface area contributed by atoms with Crippen LogP contribution >= 0.6 is 11.8 Å². The number of nitrogens with zero attached hydrogens (tertiary/aromatic N) is 1. The fourth-order valence-corrected chi connectivity index (χ4v) is 2.19. The Kier molecular flexibility index (Phi) is 5.71. The summed E-state index contributed by atoms with van der Waals surface area (Å²) in [7, 11) is 2.14. The molecular weight excluding hydrogens is 216 g/mol. The molecule has 2 N–H and O–H groups in total. The Hall–Kier alpha value is -0.670. The standard InChI is InChI=1S/C13H22N2S/c1-11(8-9-14)10-15(2)12-4-6-13(16-3)7-5-12/h4-7,11H,8-10,14H2,1-3H3. The van der Waals surface area contributed by atoms with Gasteiger partial charge in [0.25, 0.3) is 0 Å². The lowest BCUT2D eigenvalue weighted by molar-refractivity contribution is 0.539. The summed E-state index contributed by atoms with van der Waals surface area (Å²) >= 11 is 1.78. The van der Waals surface area contributed by atoms with Crippen molar-refractivity contribution in [3.05, 3.63) is 24.3 Å². The minimum absolute atomic E-state index is 0.648. The summed E-state index contributed by atoms with van der Waals surface area (Å²) in [5.41, 5.74) is 6.84. The van der Waals surface area contributed by atoms with Crippen molar-refractivity contribution in [1.29, 1.82) is 0 Å². The molecule has 0 fully saturated rings. The minimum Gasteiger partial charge on any atom is -0.374 e. The summed E-state index contributed by atoms with van der Waals surface area (Å²) in [5, 5.41) is 0. The highest BCUT2D eigenvalue weighted by atomic mass is 32.2. The van der Waals surface area contributed by atoms with Gasteiger partial charge in [-0.3, -0.25) is 0 Å². The van der Waals surface area contributed by atoms with Crippen LogP contribution in [0.25, 0.3) is 0 Å². The Bertz CT molecular complexity index is 297. The smallest absolute Gasteiger partial charge is 0.0364 e. The van der Waals surface area contributed by atoms with Gasteiger partial charge in [-0.25, -0.2) is 0 Å². The lowest BCUT2D eigenvalue weighted by atomic mass is 10.1. The van der Waals surface area contributed by atoms with Gasteiger partial charge in [0, 0.05) is 24.2 Å². The van der Waals surface area contributed by atoms with E-state index in [2.05, 4.69) is 49.4 Å². The zero-order chi connectivity index (χ0) is 12.0. The molecule has 0 aliphatic carbocycles. The number of thioether (sulfide) groups is 1. The summed E-state index contributed by atoms with van der Waals surface area (Å²) in [6.45, 7) is 4.09. The molecule has 0 bridgehead atoms. The van der Waals surface area contributed by atoms with Crippen LogP contribution in [0.15, 0.2) is 29.2 Å². The minimum atomic E-state index is 0.648. The Balaban J connectivity index is 2.55. The Morgan fingerprint density at radius 2 is 1.94 bits per heavy atom. The van der Waals surface area contributed by atoms with Crippen LogP contribution in [0.5, 0.6) is 0 Å². The maximum absolute atomic E-state index is 5.56. The van der Waals surface area contributed by atoms with Crippen molar-refractivity contribution >= 4 is 17.4 Å². The summed E-state index contributed by atoms with van der Waals surface area (Å²) in [6, 6.07) is 8.70. The molecule has 0 heterocycles. The van der Waals surface area contributed by atoms with Crippen LogP contribution < -0.4 is 10.6 Å². The molecule has 1 atom stereocenters. The molecule has 16 heavy (non-hydrogen) atoms. The molecule has 0 aliphatic rings. The third-order valence-electron chi connectivity index (χ3n) is 2.76. The number of hydrogen-bond donors (Lipinski definition) is 1. The Morgan fingerprint density at radius 1 is 1.31 bits per heavy atom. The molecule has 1 rings (SSSR count). The van der Waals surface area contributed by atoms with Crippen LogP contribution in [-0.2, 0) is 0 Å². The van der Waals surface area contributed by atoms with Gasteiger partial charge in [0.2, 0.25) is 0 Å². The third-order valence-corrected chi connectivity index (χ3v) is 3.50. The van der Waals surface area contributed by atoms with Crippen LogP contribution in [0, 0.1) is 5.92 Å². The summed E-state index contributed by atoms with van der Waals surface area (Å²) < 4.78 is 0. The highest BCUT2D eigenvalue weighted by molar-refractivity contribution is 7.98. The van der Waals surface area contributed by atoms with Gasteiger partial charge in [-0.2, -0.15) is 0 Å². The monoisotopic (exact) mass is 238 g/mol. The number of hydrogen-bond acceptors (Lipinski definition) is 3. The van der Waals surface area contributed by atoms with E-state index in [1.54, 1.807) is 11.8 Å². The predicted octanol–water partition coefficient (Wildman–Crippen LogP) is 2.83. The van der Waals surface area contributed by atoms with Gasteiger partial charge >= 0.3 is 0 Å². The van der Waals surface area contributed by atoms with Crippen molar-refractivity contribution in [3.8, 4) is 0 Å². The zero-order valence-corrected chi connectivity index (χ0v) is 11.3. The van der Waals surface area contributed by atoms with E-state index in [-0.39, 0.29) is 0 Å². The van der Waals surface area contributed by atoms with Crippen molar-refractivity contribution in [2.24, 2.45) is 11.7 Å². The van der Waals surface area contributed by atoms with Gasteiger partial charge in [0.15, 0.2) is 0 Å². The average Bonchev–Trinajstić information content (AvgIpc) is 2.29. The summed E-state index contributed by atoms with van der Waals surface area (Å²) in [5.74, 6) is 0.648. The van der Waals surface area contributed by atoms with Crippen molar-refractivity contribution in [1.82, 2.24) is 0 Å². The number of nitrogens with two attached hydrogens (primary N) is 1. The van der Waals surface area contributed by atoms with E-state index < -0.39 is 0 Å². The largest absolute Gasteiger partial charge is 0.374 e. The molecule has 90 valence electrons. The Morgan fingerprint density at radius 3 is 2.44 bits per heavy atom. The summed E-state index contributed by atoms with van der Waals surface area (Å²) in [6.07, 6.45) is 3.19. The fourth-order valence-electron chi connectivity index (χ4n) is 1.79. The molecule has 0 saturated heterocycles. The normalized spacial score (nSPS) is 12.5. The summed E-state index contributed by atoms with van der Waals surface area (Å²) in [4.78, 5) is 3.61. The van der Waals surface area contributed by atoms with Crippen molar-refractivity contribution in [3.63, 3.8) is 0 Å². The maximum Gasteiger partial charge on any atom is 0.0364 e. The van der Waals surface area contributed by atoms with Gasteiger partial charge in [-0.15, -0.1) is 11.8 Å². The molecular formula is C13H22N2S. The molecule has 0 radical (unpaired) electrons. The first kappa shape index (κ1) is 13.4. The molecule has 1 unspecified atom stereocenters. The average molecular weight is 238 g/mol. The first-order valence-corrected chi connectivity index (χ1v) is 6.95. The lowest BCUT2D eigenvalue weighted by Gasteiger charge is -2.23. The Labute approximate surface area is 103 Å². The van der Waals surface area contributed by atoms with E-state index in [1.807, 2.05) is 0 Å². The van der Waals surface area contributed by atoms with Gasteiger partial charge in [-0.05, 0) is 49.4 Å². The first-order valence-electron chi connectivity index (χ1n) is 5.72. The lowest BCUT2D eigenvalue weighted by Crippen LogP contribution is -2.25. The van der Waals surface area contributed by atoms with E-state index >= 15 is 0 Å². The van der Waals surface area contributed by atoms with Crippen LogP contribution in [0.4, 0.5) is 5.69 Å². The highest BCUT2D eigenvalue weighted by Crippen LogP contribution is 2.20. The second-order valence-corrected chi connectivity index (χ2v) is 5.14. The van der Waals surface area contributed by atoms with E-state index in [9.17, 15) is 0 Å². The van der Waals surface area contributed by atoms with Crippen LogP contribution in [0.2, 0.25) is 0 Å². The van der Waals surface area contributed by atoms with Gasteiger partial charge in [0.05, 0.1) is 0 Å². The second-order valence-electron chi connectivity index (χ2n) is 4.26. The van der Waals surface area contributed by atoms with Crippen molar-refractivity contribution in [2.45, 2.75) is 18.2 Å². The molecule has 0 amide bonds. The molecule has 0 spiro atoms. The predicted molar refractivity (Wildman–Crippen MR) is 74.3 cm³/mol. The molecule has 0 aliphatic heterocycles. The maximum atomic E-state index is 5.56. The first-order chi connectivity index (χ1) is 7.67. The van der Waals surface area contributed by atoms with Gasteiger partial charge in [0.1, 0.15) is 0 Å². The van der Waals surface area contributed by atoms with E-state index in [0.29, 0.717) is 5.92 Å². The number of anilines is 1. The number of rotatable bonds is 6. The SMILES string of the molecule is CSc1ccc(N(C)CC(C)CCN)cc1. The topological polar surface area (TPSA) is 29.3 Å². The molecule has 3 heteroatoms. The van der Waals surface area contributed by atoms with Gasteiger partial charge in [-0.1, -0.05) is 6.92 Å². The fraction of sp³-hybridized carbons (Fsp3) is 0.538. The van der Waals surface area contributed by atoms with Crippen molar-refractivity contribution in [2.75, 3.05) is 31.3 Å². The van der Waals surface area contributed by atoms with Crippen LogP contribution in [0.1, 0.15) is 13.3 Å². The molecule has 0 saturated carbocycles. The van der Waals surface area contributed by atoms with E-state index in [1.165, 1.54) is 10.6 Å². The molecule has 2 nitrogen and oxygen atoms in total. The molecule has 1 aromatic carbocycles.